The largest absolute Gasteiger partial charge is 0.390 e. The van der Waals surface area contributed by atoms with Gasteiger partial charge in [0.25, 0.3) is 0 Å². The molecule has 1 aromatic heterocycles. The highest BCUT2D eigenvalue weighted by molar-refractivity contribution is 5.49. The number of anilines is 1. The zero-order valence-electron chi connectivity index (χ0n) is 12.1. The second-order valence-electron chi connectivity index (χ2n) is 4.92. The van der Waals surface area contributed by atoms with Crippen LogP contribution in [0.1, 0.15) is 58.5 Å². The van der Waals surface area contributed by atoms with Gasteiger partial charge >= 0.3 is 0 Å². The van der Waals surface area contributed by atoms with E-state index in [4.69, 9.17) is 0 Å². The van der Waals surface area contributed by atoms with Crippen LogP contribution in [-0.4, -0.2) is 27.7 Å². The summed E-state index contributed by atoms with van der Waals surface area (Å²) in [6, 6.07) is 0.425. The van der Waals surface area contributed by atoms with Crippen LogP contribution in [0.5, 0.6) is 0 Å². The fourth-order valence-corrected chi connectivity index (χ4v) is 2.00. The van der Waals surface area contributed by atoms with E-state index < -0.39 is 0 Å². The number of hydrogen-bond donors (Lipinski definition) is 1. The molecule has 0 bridgehead atoms. The third-order valence-corrected chi connectivity index (χ3v) is 3.30. The van der Waals surface area contributed by atoms with Gasteiger partial charge in [-0.2, -0.15) is 0 Å². The Bertz CT molecular complexity index is 379. The average molecular weight is 251 g/mol. The van der Waals surface area contributed by atoms with Gasteiger partial charge in [0.05, 0.1) is 24.2 Å². The second kappa shape index (κ2) is 6.69. The molecule has 0 fully saturated rings. The summed E-state index contributed by atoms with van der Waals surface area (Å²) in [5.41, 5.74) is 1.69. The topological polar surface area (TPSA) is 49.2 Å². The number of aromatic nitrogens is 2. The summed E-state index contributed by atoms with van der Waals surface area (Å²) in [5.74, 6) is 1.08. The first-order valence-corrected chi connectivity index (χ1v) is 6.78. The summed E-state index contributed by atoms with van der Waals surface area (Å²) in [4.78, 5) is 11.1. The summed E-state index contributed by atoms with van der Waals surface area (Å²) >= 11 is 0. The van der Waals surface area contributed by atoms with Crippen molar-refractivity contribution in [1.29, 1.82) is 0 Å². The highest BCUT2D eigenvalue weighted by Crippen LogP contribution is 2.23. The maximum Gasteiger partial charge on any atom is 0.131 e. The lowest BCUT2D eigenvalue weighted by atomic mass is 10.1. The van der Waals surface area contributed by atoms with Crippen molar-refractivity contribution in [2.75, 3.05) is 11.4 Å². The van der Waals surface area contributed by atoms with Crippen molar-refractivity contribution in [3.05, 3.63) is 17.7 Å². The Morgan fingerprint density at radius 1 is 1.28 bits per heavy atom. The predicted molar refractivity (Wildman–Crippen MR) is 74.8 cm³/mol. The lowest BCUT2D eigenvalue weighted by Crippen LogP contribution is -2.33. The van der Waals surface area contributed by atoms with Gasteiger partial charge in [-0.3, -0.25) is 0 Å². The Balaban J connectivity index is 3.14. The lowest BCUT2D eigenvalue weighted by molar-refractivity contribution is 0.276. The van der Waals surface area contributed by atoms with Crippen LogP contribution in [0.3, 0.4) is 0 Å². The monoisotopic (exact) mass is 251 g/mol. The quantitative estimate of drug-likeness (QED) is 0.844. The minimum absolute atomic E-state index is 0.0372. The van der Waals surface area contributed by atoms with Gasteiger partial charge < -0.3 is 10.0 Å². The molecule has 0 saturated carbocycles. The molecular weight excluding hydrogens is 226 g/mol. The molecule has 1 heterocycles. The highest BCUT2D eigenvalue weighted by atomic mass is 16.3. The van der Waals surface area contributed by atoms with Gasteiger partial charge in [0.1, 0.15) is 5.82 Å². The Kier molecular flexibility index (Phi) is 5.54. The zero-order chi connectivity index (χ0) is 13.7. The van der Waals surface area contributed by atoms with Crippen molar-refractivity contribution in [2.24, 2.45) is 0 Å². The Labute approximate surface area is 110 Å². The van der Waals surface area contributed by atoms with Crippen molar-refractivity contribution in [3.63, 3.8) is 0 Å². The van der Waals surface area contributed by atoms with Crippen LogP contribution in [0.4, 0.5) is 5.69 Å². The van der Waals surface area contributed by atoms with E-state index >= 15 is 0 Å². The van der Waals surface area contributed by atoms with Crippen molar-refractivity contribution in [3.8, 4) is 0 Å². The maximum atomic E-state index is 9.51. The number of nitrogens with zero attached hydrogens (tertiary/aromatic N) is 3. The van der Waals surface area contributed by atoms with E-state index in [0.717, 1.165) is 30.2 Å². The van der Waals surface area contributed by atoms with E-state index in [-0.39, 0.29) is 12.5 Å². The standard InChI is InChI=1S/C14H25N3O/c1-6-11(5)17(7-2)13-8-15-14(10(3)4)16-12(13)9-18/h8,10-11,18H,6-7,9H2,1-5H3. The number of hydrogen-bond acceptors (Lipinski definition) is 4. The van der Waals surface area contributed by atoms with Crippen LogP contribution in [0.15, 0.2) is 6.20 Å². The molecule has 18 heavy (non-hydrogen) atoms. The summed E-state index contributed by atoms with van der Waals surface area (Å²) in [7, 11) is 0. The van der Waals surface area contributed by atoms with Gasteiger partial charge in [0.15, 0.2) is 0 Å². The molecule has 4 heteroatoms. The molecular formula is C14H25N3O. The van der Waals surface area contributed by atoms with E-state index in [1.807, 2.05) is 6.20 Å². The molecule has 102 valence electrons. The van der Waals surface area contributed by atoms with E-state index in [1.165, 1.54) is 0 Å². The average Bonchev–Trinajstić information content (AvgIpc) is 2.39. The fraction of sp³-hybridized carbons (Fsp3) is 0.714. The third-order valence-electron chi connectivity index (χ3n) is 3.30. The SMILES string of the molecule is CCC(C)N(CC)c1cnc(C(C)C)nc1CO. The lowest BCUT2D eigenvalue weighted by Gasteiger charge is -2.30. The fourth-order valence-electron chi connectivity index (χ4n) is 2.00. The van der Waals surface area contributed by atoms with E-state index in [2.05, 4.69) is 49.5 Å². The normalized spacial score (nSPS) is 12.8. The first kappa shape index (κ1) is 14.9. The van der Waals surface area contributed by atoms with Crippen LogP contribution in [0.2, 0.25) is 0 Å². The molecule has 1 atom stereocenters. The van der Waals surface area contributed by atoms with Crippen molar-refractivity contribution in [2.45, 2.75) is 59.6 Å². The first-order chi connectivity index (χ1) is 8.54. The van der Waals surface area contributed by atoms with Crippen LogP contribution in [-0.2, 0) is 6.61 Å². The minimum atomic E-state index is -0.0372. The molecule has 0 radical (unpaired) electrons. The van der Waals surface area contributed by atoms with Crippen molar-refractivity contribution < 1.29 is 5.11 Å². The van der Waals surface area contributed by atoms with Crippen molar-refractivity contribution in [1.82, 2.24) is 9.97 Å². The molecule has 0 aliphatic carbocycles. The molecule has 0 aromatic carbocycles. The third kappa shape index (κ3) is 3.19. The second-order valence-corrected chi connectivity index (χ2v) is 4.92. The Hall–Kier alpha value is -1.16. The first-order valence-electron chi connectivity index (χ1n) is 6.78. The van der Waals surface area contributed by atoms with E-state index in [0.29, 0.717) is 6.04 Å². The van der Waals surface area contributed by atoms with Gasteiger partial charge in [-0.25, -0.2) is 9.97 Å². The molecule has 1 rings (SSSR count). The molecule has 1 aromatic rings. The molecule has 1 N–H and O–H groups in total. The van der Waals surface area contributed by atoms with Gasteiger partial charge in [-0.15, -0.1) is 0 Å². The zero-order valence-corrected chi connectivity index (χ0v) is 12.1. The molecule has 0 aliphatic rings. The van der Waals surface area contributed by atoms with Gasteiger partial charge in [-0.05, 0) is 20.3 Å². The van der Waals surface area contributed by atoms with Crippen LogP contribution in [0.25, 0.3) is 0 Å². The Morgan fingerprint density at radius 2 is 1.94 bits per heavy atom. The maximum absolute atomic E-state index is 9.51. The van der Waals surface area contributed by atoms with Crippen molar-refractivity contribution >= 4 is 5.69 Å². The number of rotatable bonds is 6. The summed E-state index contributed by atoms with van der Waals surface area (Å²) in [6.45, 7) is 11.4. The molecule has 4 nitrogen and oxygen atoms in total. The number of aliphatic hydroxyl groups is 1. The molecule has 0 spiro atoms. The van der Waals surface area contributed by atoms with E-state index in [9.17, 15) is 5.11 Å². The smallest absolute Gasteiger partial charge is 0.131 e. The summed E-state index contributed by atoms with van der Waals surface area (Å²) in [5, 5.41) is 9.51. The van der Waals surface area contributed by atoms with Crippen LogP contribution >= 0.6 is 0 Å². The highest BCUT2D eigenvalue weighted by Gasteiger charge is 2.17. The van der Waals surface area contributed by atoms with Gasteiger partial charge in [0, 0.05) is 18.5 Å². The molecule has 1 unspecified atom stereocenters. The molecule has 0 amide bonds. The summed E-state index contributed by atoms with van der Waals surface area (Å²) in [6.07, 6.45) is 2.91. The van der Waals surface area contributed by atoms with E-state index in [1.54, 1.807) is 0 Å². The van der Waals surface area contributed by atoms with Gasteiger partial charge in [0.2, 0.25) is 0 Å². The summed E-state index contributed by atoms with van der Waals surface area (Å²) < 4.78 is 0. The van der Waals surface area contributed by atoms with Gasteiger partial charge in [-0.1, -0.05) is 20.8 Å². The number of aliphatic hydroxyl groups excluding tert-OH is 1. The predicted octanol–water partition coefficient (Wildman–Crippen LogP) is 2.72. The molecule has 0 saturated heterocycles. The minimum Gasteiger partial charge on any atom is -0.390 e. The van der Waals surface area contributed by atoms with Crippen LogP contribution < -0.4 is 4.90 Å². The van der Waals surface area contributed by atoms with Crippen LogP contribution in [0, 0.1) is 0 Å². The molecule has 0 aliphatic heterocycles. The Morgan fingerprint density at radius 3 is 2.39 bits per heavy atom.